The molecule has 0 radical (unpaired) electrons. The standard InChI is InChI=1S/C8H12F3NO5S/c9-8(10,11)18(15,16)12-3-1-6(2-4-12)17-5-7(13)14/h6H,1-5H2,(H,13,14). The van der Waals surface area contributed by atoms with Gasteiger partial charge in [0.1, 0.15) is 6.61 Å². The second kappa shape index (κ2) is 5.41. The molecule has 6 nitrogen and oxygen atoms in total. The highest BCUT2D eigenvalue weighted by Gasteiger charge is 2.50. The second-order valence-corrected chi connectivity index (χ2v) is 5.68. The van der Waals surface area contributed by atoms with E-state index in [1.165, 1.54) is 0 Å². The summed E-state index contributed by atoms with van der Waals surface area (Å²) < 4.78 is 64.0. The van der Waals surface area contributed by atoms with Gasteiger partial charge in [0.05, 0.1) is 6.10 Å². The predicted molar refractivity (Wildman–Crippen MR) is 53.2 cm³/mol. The third-order valence-electron chi connectivity index (χ3n) is 2.48. The zero-order valence-electron chi connectivity index (χ0n) is 9.18. The van der Waals surface area contributed by atoms with Gasteiger partial charge in [-0.2, -0.15) is 17.5 Å². The van der Waals surface area contributed by atoms with Crippen LogP contribution in [-0.4, -0.2) is 55.1 Å². The number of sulfonamides is 1. The number of hydrogen-bond acceptors (Lipinski definition) is 4. The summed E-state index contributed by atoms with van der Waals surface area (Å²) in [5.41, 5.74) is -5.30. The topological polar surface area (TPSA) is 83.9 Å². The minimum Gasteiger partial charge on any atom is -0.480 e. The molecule has 0 bridgehead atoms. The molecule has 0 amide bonds. The van der Waals surface area contributed by atoms with Crippen molar-refractivity contribution in [3.05, 3.63) is 0 Å². The van der Waals surface area contributed by atoms with E-state index in [4.69, 9.17) is 9.84 Å². The fraction of sp³-hybridized carbons (Fsp3) is 0.875. The van der Waals surface area contributed by atoms with E-state index in [9.17, 15) is 26.4 Å². The molecule has 106 valence electrons. The molecule has 1 fully saturated rings. The van der Waals surface area contributed by atoms with Crippen LogP contribution in [0.15, 0.2) is 0 Å². The molecular formula is C8H12F3NO5S. The summed E-state index contributed by atoms with van der Waals surface area (Å²) in [5, 5.41) is 8.35. The summed E-state index contributed by atoms with van der Waals surface area (Å²) in [6.07, 6.45) is -0.439. The van der Waals surface area contributed by atoms with E-state index in [-0.39, 0.29) is 25.9 Å². The van der Waals surface area contributed by atoms with Gasteiger partial charge >= 0.3 is 21.5 Å². The Balaban J connectivity index is 2.52. The monoisotopic (exact) mass is 291 g/mol. The van der Waals surface area contributed by atoms with Crippen LogP contribution in [0.4, 0.5) is 13.2 Å². The Kier molecular flexibility index (Phi) is 4.56. The van der Waals surface area contributed by atoms with Crippen molar-refractivity contribution in [3.8, 4) is 0 Å². The summed E-state index contributed by atoms with van der Waals surface area (Å²) >= 11 is 0. The SMILES string of the molecule is O=C(O)COC1CCN(S(=O)(=O)C(F)(F)F)CC1. The number of piperidine rings is 1. The third kappa shape index (κ3) is 3.56. The van der Waals surface area contributed by atoms with Crippen LogP contribution in [0.1, 0.15) is 12.8 Å². The fourth-order valence-electron chi connectivity index (χ4n) is 1.57. The summed E-state index contributed by atoms with van der Waals surface area (Å²) in [7, 11) is -5.29. The predicted octanol–water partition coefficient (Wildman–Crippen LogP) is 0.402. The number of ether oxygens (including phenoxy) is 1. The normalized spacial score (nSPS) is 19.9. The Morgan fingerprint density at radius 3 is 2.22 bits per heavy atom. The summed E-state index contributed by atoms with van der Waals surface area (Å²) in [6, 6.07) is 0. The number of alkyl halides is 3. The fourth-order valence-corrected chi connectivity index (χ4v) is 2.56. The lowest BCUT2D eigenvalue weighted by Gasteiger charge is -2.31. The van der Waals surface area contributed by atoms with Crippen molar-refractivity contribution in [2.45, 2.75) is 24.5 Å². The summed E-state index contributed by atoms with van der Waals surface area (Å²) in [6.45, 7) is -1.20. The quantitative estimate of drug-likeness (QED) is 0.810. The molecule has 0 unspecified atom stereocenters. The van der Waals surface area contributed by atoms with E-state index in [1.807, 2.05) is 0 Å². The molecule has 1 rings (SSSR count). The molecule has 18 heavy (non-hydrogen) atoms. The van der Waals surface area contributed by atoms with Crippen LogP contribution in [0.25, 0.3) is 0 Å². The highest BCUT2D eigenvalue weighted by Crippen LogP contribution is 2.29. The van der Waals surface area contributed by atoms with Gasteiger partial charge in [0.25, 0.3) is 0 Å². The van der Waals surface area contributed by atoms with Crippen LogP contribution in [0, 0.1) is 0 Å². The van der Waals surface area contributed by atoms with E-state index in [0.29, 0.717) is 4.31 Å². The first-order valence-electron chi connectivity index (χ1n) is 5.04. The average Bonchev–Trinajstić information content (AvgIpc) is 2.25. The maximum atomic E-state index is 12.2. The van der Waals surface area contributed by atoms with Crippen LogP contribution < -0.4 is 0 Å². The zero-order valence-corrected chi connectivity index (χ0v) is 10.00. The van der Waals surface area contributed by atoms with Gasteiger partial charge in [-0.1, -0.05) is 0 Å². The van der Waals surface area contributed by atoms with E-state index in [2.05, 4.69) is 0 Å². The van der Waals surface area contributed by atoms with Crippen LogP contribution >= 0.6 is 0 Å². The highest BCUT2D eigenvalue weighted by atomic mass is 32.2. The van der Waals surface area contributed by atoms with Crippen LogP contribution in [0.2, 0.25) is 0 Å². The molecule has 10 heteroatoms. The maximum Gasteiger partial charge on any atom is 0.511 e. The lowest BCUT2D eigenvalue weighted by atomic mass is 10.1. The molecule has 0 aromatic heterocycles. The second-order valence-electron chi connectivity index (χ2n) is 3.75. The first-order valence-corrected chi connectivity index (χ1v) is 6.48. The van der Waals surface area contributed by atoms with Gasteiger partial charge < -0.3 is 9.84 Å². The average molecular weight is 291 g/mol. The van der Waals surface area contributed by atoms with Crippen molar-refractivity contribution in [2.24, 2.45) is 0 Å². The van der Waals surface area contributed by atoms with Gasteiger partial charge in [0.2, 0.25) is 0 Å². The summed E-state index contributed by atoms with van der Waals surface area (Å²) in [4.78, 5) is 10.2. The Hall–Kier alpha value is -0.870. The molecule has 1 N–H and O–H groups in total. The van der Waals surface area contributed by atoms with Crippen molar-refractivity contribution in [3.63, 3.8) is 0 Å². The number of aliphatic carboxylic acids is 1. The first kappa shape index (κ1) is 15.2. The van der Waals surface area contributed by atoms with E-state index in [1.54, 1.807) is 0 Å². The smallest absolute Gasteiger partial charge is 0.480 e. The van der Waals surface area contributed by atoms with Crippen molar-refractivity contribution >= 4 is 16.0 Å². The van der Waals surface area contributed by atoms with Gasteiger partial charge in [-0.3, -0.25) is 0 Å². The molecule has 1 saturated heterocycles. The Bertz CT molecular complexity index is 399. The molecular weight excluding hydrogens is 279 g/mol. The van der Waals surface area contributed by atoms with Crippen molar-refractivity contribution in [1.82, 2.24) is 4.31 Å². The maximum absolute atomic E-state index is 12.2. The van der Waals surface area contributed by atoms with Crippen molar-refractivity contribution < 1.29 is 36.2 Å². The zero-order chi connectivity index (χ0) is 14.0. The molecule has 0 aromatic carbocycles. The van der Waals surface area contributed by atoms with Gasteiger partial charge in [-0.25, -0.2) is 13.2 Å². The molecule has 0 aromatic rings. The molecule has 0 aliphatic carbocycles. The van der Waals surface area contributed by atoms with Gasteiger partial charge in [-0.05, 0) is 12.8 Å². The largest absolute Gasteiger partial charge is 0.511 e. The molecule has 1 heterocycles. The van der Waals surface area contributed by atoms with Gasteiger partial charge in [0.15, 0.2) is 0 Å². The number of halogens is 3. The molecule has 0 saturated carbocycles. The van der Waals surface area contributed by atoms with E-state index < -0.39 is 34.2 Å². The summed E-state index contributed by atoms with van der Waals surface area (Å²) in [5.74, 6) is -1.18. The number of nitrogens with zero attached hydrogens (tertiary/aromatic N) is 1. The van der Waals surface area contributed by atoms with Crippen LogP contribution in [0.5, 0.6) is 0 Å². The van der Waals surface area contributed by atoms with Gasteiger partial charge in [-0.15, -0.1) is 0 Å². The van der Waals surface area contributed by atoms with E-state index in [0.717, 1.165) is 0 Å². The number of carbonyl (C=O) groups is 1. The van der Waals surface area contributed by atoms with Crippen LogP contribution in [0.3, 0.4) is 0 Å². The molecule has 0 spiro atoms. The Labute approximate surface area is 101 Å². The van der Waals surface area contributed by atoms with Crippen molar-refractivity contribution in [1.29, 1.82) is 0 Å². The minimum absolute atomic E-state index is 0.0442. The Morgan fingerprint density at radius 1 is 1.33 bits per heavy atom. The third-order valence-corrected chi connectivity index (χ3v) is 4.11. The molecule has 1 aliphatic heterocycles. The van der Waals surface area contributed by atoms with Gasteiger partial charge in [0, 0.05) is 13.1 Å². The lowest BCUT2D eigenvalue weighted by Crippen LogP contribution is -2.46. The number of rotatable bonds is 4. The number of carboxylic acid groups (broad SMARTS) is 1. The first-order chi connectivity index (χ1) is 8.14. The highest BCUT2D eigenvalue weighted by molar-refractivity contribution is 7.90. The van der Waals surface area contributed by atoms with Crippen molar-refractivity contribution in [2.75, 3.05) is 19.7 Å². The number of hydrogen-bond donors (Lipinski definition) is 1. The Morgan fingerprint density at radius 2 is 1.83 bits per heavy atom. The lowest BCUT2D eigenvalue weighted by molar-refractivity contribution is -0.145. The number of carboxylic acids is 1. The molecule has 0 atom stereocenters. The van der Waals surface area contributed by atoms with E-state index >= 15 is 0 Å². The minimum atomic E-state index is -5.30. The molecule has 1 aliphatic rings. The van der Waals surface area contributed by atoms with Crippen LogP contribution in [-0.2, 0) is 19.6 Å².